The second-order valence-corrected chi connectivity index (χ2v) is 7.65. The number of aryl methyl sites for hydroxylation is 1. The Morgan fingerprint density at radius 2 is 1.94 bits per heavy atom. The van der Waals surface area contributed by atoms with Crippen molar-refractivity contribution < 1.29 is 13.7 Å². The molecule has 1 fully saturated rings. The first-order valence-electron chi connectivity index (χ1n) is 10.9. The summed E-state index contributed by atoms with van der Waals surface area (Å²) in [4.78, 5) is 6.74. The highest BCUT2D eigenvalue weighted by molar-refractivity contribution is 14.0. The number of guanidine groups is 1. The number of ether oxygens (including phenoxy) is 1. The minimum atomic E-state index is 0. The van der Waals surface area contributed by atoms with Gasteiger partial charge in [-0.05, 0) is 31.9 Å². The zero-order valence-corrected chi connectivity index (χ0v) is 21.3. The van der Waals surface area contributed by atoms with E-state index in [1.807, 2.05) is 19.1 Å². The maximum atomic E-state index is 5.93. The highest BCUT2D eigenvalue weighted by atomic mass is 127. The van der Waals surface area contributed by atoms with E-state index in [0.29, 0.717) is 19.0 Å². The predicted molar refractivity (Wildman–Crippen MR) is 132 cm³/mol. The van der Waals surface area contributed by atoms with Crippen LogP contribution in [0.25, 0.3) is 0 Å². The van der Waals surface area contributed by atoms with Gasteiger partial charge in [0.15, 0.2) is 11.7 Å². The normalized spacial score (nSPS) is 16.2. The fourth-order valence-corrected chi connectivity index (χ4v) is 3.83. The molecular weight excluding hydrogens is 509 g/mol. The lowest BCUT2D eigenvalue weighted by Gasteiger charge is -2.33. The Kier molecular flexibility index (Phi) is 10.8. The molecule has 0 bridgehead atoms. The molecule has 2 aromatic heterocycles. The van der Waals surface area contributed by atoms with Crippen molar-refractivity contribution >= 4 is 29.9 Å². The topological polar surface area (TPSA) is 88.1 Å². The van der Waals surface area contributed by atoms with Crippen LogP contribution in [0.3, 0.4) is 0 Å². The van der Waals surface area contributed by atoms with Gasteiger partial charge in [-0.1, -0.05) is 19.0 Å². The molecule has 2 aromatic rings. The SMILES string of the molecule is CCC(CC)c1cc(CNC(=NC)NCC(c2ccc(C)o2)N2CCOCC2)on1.I. The molecule has 1 aliphatic heterocycles. The molecule has 1 unspecified atom stereocenters. The molecule has 1 atom stereocenters. The van der Waals surface area contributed by atoms with E-state index in [1.54, 1.807) is 7.05 Å². The third-order valence-corrected chi connectivity index (χ3v) is 5.67. The van der Waals surface area contributed by atoms with Gasteiger partial charge >= 0.3 is 0 Å². The van der Waals surface area contributed by atoms with Gasteiger partial charge in [0.05, 0.1) is 31.5 Å². The van der Waals surface area contributed by atoms with Crippen LogP contribution < -0.4 is 10.6 Å². The van der Waals surface area contributed by atoms with Crippen molar-refractivity contribution in [3.63, 3.8) is 0 Å². The van der Waals surface area contributed by atoms with E-state index in [9.17, 15) is 0 Å². The number of halogens is 1. The molecule has 8 nitrogen and oxygen atoms in total. The predicted octanol–water partition coefficient (Wildman–Crippen LogP) is 3.84. The van der Waals surface area contributed by atoms with Gasteiger partial charge < -0.3 is 24.3 Å². The van der Waals surface area contributed by atoms with Crippen molar-refractivity contribution in [1.29, 1.82) is 0 Å². The smallest absolute Gasteiger partial charge is 0.191 e. The number of aromatic nitrogens is 1. The van der Waals surface area contributed by atoms with Crippen LogP contribution in [-0.4, -0.2) is 55.9 Å². The first-order valence-corrected chi connectivity index (χ1v) is 10.9. The van der Waals surface area contributed by atoms with Crippen LogP contribution in [0.15, 0.2) is 32.1 Å². The molecule has 0 spiro atoms. The van der Waals surface area contributed by atoms with Crippen LogP contribution in [0.5, 0.6) is 0 Å². The second kappa shape index (κ2) is 13.1. The number of nitrogens with zero attached hydrogens (tertiary/aromatic N) is 3. The first kappa shape index (κ1) is 25.7. The Bertz CT molecular complexity index is 797. The molecule has 1 aliphatic rings. The van der Waals surface area contributed by atoms with Gasteiger partial charge in [0, 0.05) is 38.7 Å². The van der Waals surface area contributed by atoms with Crippen molar-refractivity contribution in [2.45, 2.75) is 52.1 Å². The summed E-state index contributed by atoms with van der Waals surface area (Å²) in [7, 11) is 1.77. The number of hydrogen-bond acceptors (Lipinski definition) is 6. The molecule has 0 aliphatic carbocycles. The molecule has 1 saturated heterocycles. The zero-order valence-electron chi connectivity index (χ0n) is 19.0. The van der Waals surface area contributed by atoms with E-state index in [1.165, 1.54) is 0 Å². The molecule has 0 radical (unpaired) electrons. The number of furan rings is 1. The second-order valence-electron chi connectivity index (χ2n) is 7.65. The van der Waals surface area contributed by atoms with Gasteiger partial charge in [-0.2, -0.15) is 0 Å². The maximum absolute atomic E-state index is 5.93. The lowest BCUT2D eigenvalue weighted by atomic mass is 9.99. The van der Waals surface area contributed by atoms with Crippen LogP contribution >= 0.6 is 24.0 Å². The molecular formula is C22H36IN5O3. The van der Waals surface area contributed by atoms with Crippen molar-refractivity contribution in [1.82, 2.24) is 20.7 Å². The Morgan fingerprint density at radius 1 is 1.19 bits per heavy atom. The molecule has 9 heteroatoms. The monoisotopic (exact) mass is 545 g/mol. The average molecular weight is 545 g/mol. The van der Waals surface area contributed by atoms with Crippen LogP contribution in [0.1, 0.15) is 61.6 Å². The summed E-state index contributed by atoms with van der Waals surface area (Å²) in [6.07, 6.45) is 2.13. The van der Waals surface area contributed by atoms with Gasteiger partial charge in [0.25, 0.3) is 0 Å². The summed E-state index contributed by atoms with van der Waals surface area (Å²) in [6.45, 7) is 10.8. The molecule has 2 N–H and O–H groups in total. The first-order chi connectivity index (χ1) is 14.6. The Labute approximate surface area is 202 Å². The summed E-state index contributed by atoms with van der Waals surface area (Å²) < 4.78 is 17.0. The van der Waals surface area contributed by atoms with E-state index in [-0.39, 0.29) is 30.0 Å². The fourth-order valence-electron chi connectivity index (χ4n) is 3.83. The Balaban J connectivity index is 0.00000341. The number of morpholine rings is 1. The van der Waals surface area contributed by atoms with Crippen LogP contribution in [-0.2, 0) is 11.3 Å². The van der Waals surface area contributed by atoms with Gasteiger partial charge in [-0.15, -0.1) is 24.0 Å². The minimum Gasteiger partial charge on any atom is -0.465 e. The van der Waals surface area contributed by atoms with Crippen LogP contribution in [0, 0.1) is 6.92 Å². The lowest BCUT2D eigenvalue weighted by molar-refractivity contribution is 0.0124. The third-order valence-electron chi connectivity index (χ3n) is 5.67. The van der Waals surface area contributed by atoms with Crippen molar-refractivity contribution in [3.05, 3.63) is 41.2 Å². The lowest BCUT2D eigenvalue weighted by Crippen LogP contribution is -2.46. The van der Waals surface area contributed by atoms with Crippen LogP contribution in [0.2, 0.25) is 0 Å². The highest BCUT2D eigenvalue weighted by Crippen LogP contribution is 2.24. The summed E-state index contributed by atoms with van der Waals surface area (Å²) in [5, 5.41) is 11.0. The van der Waals surface area contributed by atoms with E-state index in [2.05, 4.69) is 45.6 Å². The van der Waals surface area contributed by atoms with Crippen LogP contribution in [0.4, 0.5) is 0 Å². The zero-order chi connectivity index (χ0) is 21.3. The summed E-state index contributed by atoms with van der Waals surface area (Å²) in [5.41, 5.74) is 1.03. The average Bonchev–Trinajstić information content (AvgIpc) is 3.41. The molecule has 3 heterocycles. The highest BCUT2D eigenvalue weighted by Gasteiger charge is 2.25. The van der Waals surface area contributed by atoms with Crippen molar-refractivity contribution in [2.75, 3.05) is 39.9 Å². The number of nitrogens with one attached hydrogen (secondary N) is 2. The summed E-state index contributed by atoms with van der Waals surface area (Å²) >= 11 is 0. The standard InChI is InChI=1S/C22H35N5O3.HI/c1-5-17(6-2)19-13-18(30-26-19)14-24-22(23-4)25-15-20(21-8-7-16(3)29-21)27-9-11-28-12-10-27;/h7-8,13,17,20H,5-6,9-12,14-15H2,1-4H3,(H2,23,24,25);1H. The fraction of sp³-hybridized carbons (Fsp3) is 0.636. The van der Waals surface area contributed by atoms with Gasteiger partial charge in [-0.3, -0.25) is 9.89 Å². The quantitative estimate of drug-likeness (QED) is 0.281. The Hall–Kier alpha value is -1.59. The van der Waals surface area contributed by atoms with Crippen molar-refractivity contribution in [3.8, 4) is 0 Å². The molecule has 174 valence electrons. The summed E-state index contributed by atoms with van der Waals surface area (Å²) in [5.74, 6) is 3.86. The van der Waals surface area contributed by atoms with E-state index < -0.39 is 0 Å². The third kappa shape index (κ3) is 7.21. The molecule has 31 heavy (non-hydrogen) atoms. The Morgan fingerprint density at radius 3 is 2.55 bits per heavy atom. The van der Waals surface area contributed by atoms with E-state index in [0.717, 1.165) is 68.1 Å². The molecule has 3 rings (SSSR count). The number of aliphatic imine (C=N–C) groups is 1. The van der Waals surface area contributed by atoms with Gasteiger partial charge in [0.1, 0.15) is 11.5 Å². The van der Waals surface area contributed by atoms with Crippen molar-refractivity contribution in [2.24, 2.45) is 4.99 Å². The van der Waals surface area contributed by atoms with Gasteiger partial charge in [0.2, 0.25) is 0 Å². The van der Waals surface area contributed by atoms with E-state index >= 15 is 0 Å². The number of hydrogen-bond donors (Lipinski definition) is 2. The van der Waals surface area contributed by atoms with Gasteiger partial charge in [-0.25, -0.2) is 0 Å². The molecule has 0 amide bonds. The summed E-state index contributed by atoms with van der Waals surface area (Å²) in [6, 6.07) is 6.23. The maximum Gasteiger partial charge on any atom is 0.191 e. The number of rotatable bonds is 9. The molecule has 0 aromatic carbocycles. The molecule has 0 saturated carbocycles. The largest absolute Gasteiger partial charge is 0.465 e. The van der Waals surface area contributed by atoms with E-state index in [4.69, 9.17) is 13.7 Å². The minimum absolute atomic E-state index is 0.